The first kappa shape index (κ1) is 14.0. The second-order valence-electron chi connectivity index (χ2n) is 4.65. The highest BCUT2D eigenvalue weighted by molar-refractivity contribution is 7.71. The van der Waals surface area contributed by atoms with E-state index in [0.29, 0.717) is 17.1 Å². The van der Waals surface area contributed by atoms with E-state index >= 15 is 0 Å². The van der Waals surface area contributed by atoms with Gasteiger partial charge >= 0.3 is 0 Å². The number of nitrogens with zero attached hydrogens (tertiary/aromatic N) is 1. The second-order valence-corrected chi connectivity index (χ2v) is 5.51. The van der Waals surface area contributed by atoms with Gasteiger partial charge in [0.2, 0.25) is 0 Å². The second kappa shape index (κ2) is 6.17. The smallest absolute Gasteiger partial charge is 0.131 e. The number of hydrogen-bond acceptors (Lipinski definition) is 3. The van der Waals surface area contributed by atoms with Gasteiger partial charge in [-0.05, 0) is 17.7 Å². The Morgan fingerprint density at radius 1 is 1.32 bits per heavy atom. The molecule has 0 saturated heterocycles. The van der Waals surface area contributed by atoms with Crippen molar-refractivity contribution in [3.05, 3.63) is 51.4 Å². The molecular formula is C14H16ClN3S. The number of H-pyrrole nitrogens is 1. The monoisotopic (exact) mass is 293 g/mol. The Morgan fingerprint density at radius 3 is 2.63 bits per heavy atom. The molecule has 2 N–H and O–H groups in total. The highest BCUT2D eigenvalue weighted by Gasteiger charge is 2.03. The fourth-order valence-electron chi connectivity index (χ4n) is 1.64. The molecule has 0 bridgehead atoms. The summed E-state index contributed by atoms with van der Waals surface area (Å²) < 4.78 is 0.598. The van der Waals surface area contributed by atoms with Crippen LogP contribution in [0.25, 0.3) is 0 Å². The summed E-state index contributed by atoms with van der Waals surface area (Å²) in [6.45, 7) is 4.87. The van der Waals surface area contributed by atoms with Crippen molar-refractivity contribution in [2.75, 3.05) is 5.32 Å². The minimum Gasteiger partial charge on any atom is -0.367 e. The molecule has 1 aromatic carbocycles. The van der Waals surface area contributed by atoms with E-state index in [-0.39, 0.29) is 0 Å². The van der Waals surface area contributed by atoms with Crippen molar-refractivity contribution in [2.45, 2.75) is 26.3 Å². The summed E-state index contributed by atoms with van der Waals surface area (Å²) in [5.41, 5.74) is 1.16. The molecule has 0 aliphatic carbocycles. The van der Waals surface area contributed by atoms with E-state index in [9.17, 15) is 0 Å². The van der Waals surface area contributed by atoms with Crippen molar-refractivity contribution >= 4 is 29.6 Å². The molecule has 2 rings (SSSR count). The molecule has 2 aromatic rings. The minimum atomic E-state index is 0.319. The van der Waals surface area contributed by atoms with Crippen LogP contribution >= 0.6 is 23.8 Å². The number of benzene rings is 1. The van der Waals surface area contributed by atoms with Gasteiger partial charge in [-0.2, -0.15) is 0 Å². The number of nitrogens with one attached hydrogen (secondary N) is 2. The molecule has 5 heteroatoms. The summed E-state index contributed by atoms with van der Waals surface area (Å²) in [6.07, 6.45) is 0. The number of halogens is 1. The van der Waals surface area contributed by atoms with E-state index in [2.05, 4.69) is 29.1 Å². The van der Waals surface area contributed by atoms with Crippen LogP contribution in [0.1, 0.15) is 31.2 Å². The lowest BCUT2D eigenvalue weighted by atomic mass is 10.2. The Kier molecular flexibility index (Phi) is 4.56. The Balaban J connectivity index is 2.11. The molecule has 0 fully saturated rings. The zero-order chi connectivity index (χ0) is 13.8. The molecule has 1 heterocycles. The summed E-state index contributed by atoms with van der Waals surface area (Å²) in [6, 6.07) is 9.58. The first-order chi connectivity index (χ1) is 9.04. The Bertz CT molecular complexity index is 605. The highest BCUT2D eigenvalue weighted by Crippen LogP contribution is 2.14. The lowest BCUT2D eigenvalue weighted by molar-refractivity contribution is 0.771. The maximum absolute atomic E-state index is 5.86. The molecular weight excluding hydrogens is 278 g/mol. The fourth-order valence-corrected chi connectivity index (χ4v) is 1.99. The Hall–Kier alpha value is -1.39. The third-order valence-corrected chi connectivity index (χ3v) is 3.17. The van der Waals surface area contributed by atoms with Gasteiger partial charge in [0, 0.05) is 23.6 Å². The summed E-state index contributed by atoms with van der Waals surface area (Å²) in [5.74, 6) is 2.10. The van der Waals surface area contributed by atoms with Crippen LogP contribution in [0.3, 0.4) is 0 Å². The van der Waals surface area contributed by atoms with Gasteiger partial charge in [-0.25, -0.2) is 4.98 Å². The summed E-state index contributed by atoms with van der Waals surface area (Å²) >= 11 is 11.0. The molecule has 0 unspecified atom stereocenters. The molecule has 0 amide bonds. The van der Waals surface area contributed by atoms with Crippen molar-refractivity contribution in [3.63, 3.8) is 0 Å². The van der Waals surface area contributed by atoms with Gasteiger partial charge in [0.1, 0.15) is 16.3 Å². The Labute approximate surface area is 123 Å². The standard InChI is InChI=1S/C14H16ClN3S/c1-9(2)14-17-12(7-13(19)18-14)16-8-10-3-5-11(15)6-4-10/h3-7,9H,8H2,1-2H3,(H2,16,17,18,19). The quantitative estimate of drug-likeness (QED) is 0.814. The molecule has 1 aromatic heterocycles. The molecule has 0 spiro atoms. The molecule has 3 nitrogen and oxygen atoms in total. The van der Waals surface area contributed by atoms with Crippen LogP contribution in [-0.4, -0.2) is 9.97 Å². The lowest BCUT2D eigenvalue weighted by Crippen LogP contribution is -2.05. The van der Waals surface area contributed by atoms with E-state index in [0.717, 1.165) is 22.2 Å². The van der Waals surface area contributed by atoms with Gasteiger partial charge in [-0.1, -0.05) is 49.8 Å². The molecule has 0 aliphatic rings. The number of anilines is 1. The zero-order valence-corrected chi connectivity index (χ0v) is 12.5. The SMILES string of the molecule is CC(C)c1nc(=S)cc(NCc2ccc(Cl)cc2)[nH]1. The van der Waals surface area contributed by atoms with Crippen molar-refractivity contribution < 1.29 is 0 Å². The normalized spacial score (nSPS) is 10.7. The highest BCUT2D eigenvalue weighted by atomic mass is 35.5. The van der Waals surface area contributed by atoms with Gasteiger partial charge < -0.3 is 10.3 Å². The minimum absolute atomic E-state index is 0.319. The third-order valence-electron chi connectivity index (χ3n) is 2.70. The third kappa shape index (κ3) is 4.04. The molecule has 100 valence electrons. The van der Waals surface area contributed by atoms with E-state index in [1.807, 2.05) is 30.3 Å². The number of rotatable bonds is 4. The van der Waals surface area contributed by atoms with Crippen molar-refractivity contribution in [2.24, 2.45) is 0 Å². The van der Waals surface area contributed by atoms with Gasteiger partial charge in [-0.3, -0.25) is 0 Å². The van der Waals surface area contributed by atoms with E-state index in [4.69, 9.17) is 23.8 Å². The first-order valence-electron chi connectivity index (χ1n) is 6.14. The van der Waals surface area contributed by atoms with Crippen LogP contribution in [0.2, 0.25) is 5.02 Å². The summed E-state index contributed by atoms with van der Waals surface area (Å²) in [4.78, 5) is 7.55. The fraction of sp³-hybridized carbons (Fsp3) is 0.286. The van der Waals surface area contributed by atoms with E-state index in [1.165, 1.54) is 0 Å². The molecule has 0 saturated carbocycles. The van der Waals surface area contributed by atoms with Gasteiger partial charge in [0.05, 0.1) is 0 Å². The van der Waals surface area contributed by atoms with E-state index in [1.54, 1.807) is 0 Å². The first-order valence-corrected chi connectivity index (χ1v) is 6.93. The number of hydrogen-bond donors (Lipinski definition) is 2. The van der Waals surface area contributed by atoms with Gasteiger partial charge in [-0.15, -0.1) is 0 Å². The summed E-state index contributed by atoms with van der Waals surface area (Å²) in [7, 11) is 0. The molecule has 0 atom stereocenters. The zero-order valence-electron chi connectivity index (χ0n) is 10.9. The van der Waals surface area contributed by atoms with Crippen LogP contribution < -0.4 is 5.32 Å². The number of aromatic nitrogens is 2. The maximum Gasteiger partial charge on any atom is 0.131 e. The van der Waals surface area contributed by atoms with Gasteiger partial charge in [0.15, 0.2) is 0 Å². The van der Waals surface area contributed by atoms with Crippen molar-refractivity contribution in [1.29, 1.82) is 0 Å². The van der Waals surface area contributed by atoms with Crippen LogP contribution in [0.4, 0.5) is 5.82 Å². The topological polar surface area (TPSA) is 40.7 Å². The Morgan fingerprint density at radius 2 is 2.00 bits per heavy atom. The van der Waals surface area contributed by atoms with Crippen LogP contribution in [-0.2, 0) is 6.54 Å². The average Bonchev–Trinajstić information content (AvgIpc) is 2.37. The maximum atomic E-state index is 5.86. The van der Waals surface area contributed by atoms with Crippen LogP contribution in [0, 0.1) is 4.64 Å². The van der Waals surface area contributed by atoms with Crippen LogP contribution in [0.15, 0.2) is 30.3 Å². The summed E-state index contributed by atoms with van der Waals surface area (Å²) in [5, 5.41) is 4.06. The average molecular weight is 294 g/mol. The molecule has 19 heavy (non-hydrogen) atoms. The van der Waals surface area contributed by atoms with Crippen molar-refractivity contribution in [1.82, 2.24) is 9.97 Å². The van der Waals surface area contributed by atoms with Gasteiger partial charge in [0.25, 0.3) is 0 Å². The largest absolute Gasteiger partial charge is 0.367 e. The predicted octanol–water partition coefficient (Wildman–Crippen LogP) is 4.53. The van der Waals surface area contributed by atoms with Crippen LogP contribution in [0.5, 0.6) is 0 Å². The number of aromatic amines is 1. The lowest BCUT2D eigenvalue weighted by Gasteiger charge is -2.10. The van der Waals surface area contributed by atoms with Crippen molar-refractivity contribution in [3.8, 4) is 0 Å². The van der Waals surface area contributed by atoms with E-state index < -0.39 is 0 Å². The molecule has 0 aliphatic heterocycles. The molecule has 0 radical (unpaired) electrons. The predicted molar refractivity (Wildman–Crippen MR) is 82.3 cm³/mol.